The highest BCUT2D eigenvalue weighted by Gasteiger charge is 2.10. The molecular weight excluding hydrogens is 386 g/mol. The van der Waals surface area contributed by atoms with E-state index in [0.29, 0.717) is 29.4 Å². The average molecular weight is 412 g/mol. The first-order valence-electron chi connectivity index (χ1n) is 9.66. The molecule has 0 fully saturated rings. The minimum absolute atomic E-state index is 0.126. The van der Waals surface area contributed by atoms with Crippen LogP contribution in [0.1, 0.15) is 32.4 Å². The molecule has 0 atom stereocenters. The summed E-state index contributed by atoms with van der Waals surface area (Å²) in [6.07, 6.45) is 3.96. The van der Waals surface area contributed by atoms with Crippen LogP contribution in [0.2, 0.25) is 0 Å². The first-order chi connectivity index (χ1) is 14.0. The van der Waals surface area contributed by atoms with Crippen LogP contribution in [0.3, 0.4) is 0 Å². The van der Waals surface area contributed by atoms with Gasteiger partial charge in [-0.2, -0.15) is 0 Å². The highest BCUT2D eigenvalue weighted by atomic mass is 32.2. The van der Waals surface area contributed by atoms with Crippen molar-refractivity contribution in [3.8, 4) is 11.5 Å². The molecule has 0 unspecified atom stereocenters. The summed E-state index contributed by atoms with van der Waals surface area (Å²) in [7, 11) is -3.31. The molecule has 0 radical (unpaired) electrons. The number of unbranched alkanes of at least 4 members (excludes halogenated alkanes) is 1. The standard InChI is InChI=1S/C21H25N5O2S/c1-3-5-14-29(27,28)26-18-11-9-17(10-12-18)23-20-15-16(4-2)24-21(25-20)19-8-6-7-13-22-19/h6-13,15,26H,3-5,14H2,1-2H3,(H,23,24,25). The predicted octanol–water partition coefficient (Wildman–Crippen LogP) is 4.39. The molecule has 0 aliphatic rings. The number of nitrogens with one attached hydrogen (secondary N) is 2. The molecule has 3 aromatic rings. The van der Waals surface area contributed by atoms with Crippen LogP contribution in [0.5, 0.6) is 0 Å². The van der Waals surface area contributed by atoms with E-state index in [1.807, 2.05) is 50.2 Å². The first kappa shape index (κ1) is 20.7. The summed E-state index contributed by atoms with van der Waals surface area (Å²) in [5, 5.41) is 3.26. The van der Waals surface area contributed by atoms with E-state index in [-0.39, 0.29) is 5.75 Å². The van der Waals surface area contributed by atoms with Crippen LogP contribution in [0, 0.1) is 0 Å². The zero-order valence-corrected chi connectivity index (χ0v) is 17.4. The van der Waals surface area contributed by atoms with Gasteiger partial charge in [-0.25, -0.2) is 18.4 Å². The Labute approximate surface area is 171 Å². The summed E-state index contributed by atoms with van der Waals surface area (Å²) < 4.78 is 26.7. The molecule has 0 saturated carbocycles. The smallest absolute Gasteiger partial charge is 0.232 e. The number of aromatic nitrogens is 3. The molecule has 7 nitrogen and oxygen atoms in total. The summed E-state index contributed by atoms with van der Waals surface area (Å²) in [6, 6.07) is 14.6. The number of benzene rings is 1. The summed E-state index contributed by atoms with van der Waals surface area (Å²) in [5.74, 6) is 1.35. The maximum Gasteiger partial charge on any atom is 0.232 e. The van der Waals surface area contributed by atoms with Crippen molar-refractivity contribution in [3.05, 3.63) is 60.4 Å². The van der Waals surface area contributed by atoms with Gasteiger partial charge in [0.2, 0.25) is 10.0 Å². The minimum atomic E-state index is -3.31. The van der Waals surface area contributed by atoms with Gasteiger partial charge in [0.15, 0.2) is 5.82 Å². The van der Waals surface area contributed by atoms with E-state index in [4.69, 9.17) is 0 Å². The Morgan fingerprint density at radius 1 is 0.966 bits per heavy atom. The molecule has 29 heavy (non-hydrogen) atoms. The zero-order chi connectivity index (χ0) is 20.7. The van der Waals surface area contributed by atoms with E-state index in [1.54, 1.807) is 18.3 Å². The van der Waals surface area contributed by atoms with Crippen molar-refractivity contribution in [1.29, 1.82) is 0 Å². The lowest BCUT2D eigenvalue weighted by Gasteiger charge is -2.11. The first-order valence-corrected chi connectivity index (χ1v) is 11.3. The number of pyridine rings is 1. The molecule has 2 heterocycles. The number of sulfonamides is 1. The van der Waals surface area contributed by atoms with Gasteiger partial charge in [-0.15, -0.1) is 0 Å². The Morgan fingerprint density at radius 2 is 1.72 bits per heavy atom. The van der Waals surface area contributed by atoms with Crippen molar-refractivity contribution in [1.82, 2.24) is 15.0 Å². The zero-order valence-electron chi connectivity index (χ0n) is 16.6. The Hall–Kier alpha value is -3.00. The van der Waals surface area contributed by atoms with Crippen LogP contribution < -0.4 is 10.0 Å². The second-order valence-electron chi connectivity index (χ2n) is 6.61. The maximum atomic E-state index is 12.0. The molecule has 0 aliphatic heterocycles. The Balaban J connectivity index is 1.76. The number of hydrogen-bond acceptors (Lipinski definition) is 6. The monoisotopic (exact) mass is 411 g/mol. The molecule has 2 N–H and O–H groups in total. The van der Waals surface area contributed by atoms with Gasteiger partial charge in [0, 0.05) is 29.3 Å². The molecule has 152 valence electrons. The topological polar surface area (TPSA) is 96.9 Å². The van der Waals surface area contributed by atoms with Crippen molar-refractivity contribution in [2.24, 2.45) is 0 Å². The van der Waals surface area contributed by atoms with E-state index >= 15 is 0 Å². The molecule has 8 heteroatoms. The molecule has 1 aromatic carbocycles. The molecule has 0 bridgehead atoms. The second kappa shape index (κ2) is 9.47. The lowest BCUT2D eigenvalue weighted by atomic mass is 10.2. The van der Waals surface area contributed by atoms with Crippen molar-refractivity contribution < 1.29 is 8.42 Å². The fourth-order valence-corrected chi connectivity index (χ4v) is 3.95. The SMILES string of the molecule is CCCCS(=O)(=O)Nc1ccc(Nc2cc(CC)nc(-c3ccccn3)n2)cc1. The fraction of sp³-hybridized carbons (Fsp3) is 0.286. The molecule has 3 rings (SSSR count). The van der Waals surface area contributed by atoms with Gasteiger partial charge in [0.25, 0.3) is 0 Å². The van der Waals surface area contributed by atoms with Crippen LogP contribution >= 0.6 is 0 Å². The lowest BCUT2D eigenvalue weighted by Crippen LogP contribution is -2.16. The number of rotatable bonds is 9. The van der Waals surface area contributed by atoms with Crippen LogP contribution in [0.25, 0.3) is 11.5 Å². The van der Waals surface area contributed by atoms with Gasteiger partial charge >= 0.3 is 0 Å². The molecule has 0 amide bonds. The lowest BCUT2D eigenvalue weighted by molar-refractivity contribution is 0.598. The summed E-state index contributed by atoms with van der Waals surface area (Å²) in [4.78, 5) is 13.4. The van der Waals surface area contributed by atoms with E-state index in [2.05, 4.69) is 25.0 Å². The third-order valence-corrected chi connectivity index (χ3v) is 5.61. The van der Waals surface area contributed by atoms with E-state index in [0.717, 1.165) is 24.2 Å². The summed E-state index contributed by atoms with van der Waals surface area (Å²) in [5.41, 5.74) is 2.96. The van der Waals surface area contributed by atoms with Gasteiger partial charge in [0.05, 0.1) is 5.75 Å². The third kappa shape index (κ3) is 5.99. The van der Waals surface area contributed by atoms with E-state index in [1.165, 1.54) is 0 Å². The van der Waals surface area contributed by atoms with Gasteiger partial charge in [-0.3, -0.25) is 9.71 Å². The van der Waals surface area contributed by atoms with Crippen LogP contribution in [-0.2, 0) is 16.4 Å². The molecule has 0 spiro atoms. The fourth-order valence-electron chi connectivity index (χ4n) is 2.69. The number of anilines is 3. The van der Waals surface area contributed by atoms with Crippen molar-refractivity contribution in [2.75, 3.05) is 15.8 Å². The van der Waals surface area contributed by atoms with Crippen LogP contribution in [0.4, 0.5) is 17.2 Å². The number of nitrogens with zero attached hydrogens (tertiary/aromatic N) is 3. The molecule has 0 aliphatic carbocycles. The van der Waals surface area contributed by atoms with Crippen molar-refractivity contribution in [2.45, 2.75) is 33.1 Å². The Bertz CT molecular complexity index is 1040. The van der Waals surface area contributed by atoms with Crippen LogP contribution in [-0.4, -0.2) is 29.1 Å². The van der Waals surface area contributed by atoms with Gasteiger partial charge in [0.1, 0.15) is 11.5 Å². The summed E-state index contributed by atoms with van der Waals surface area (Å²) >= 11 is 0. The second-order valence-corrected chi connectivity index (χ2v) is 8.46. The number of hydrogen-bond donors (Lipinski definition) is 2. The van der Waals surface area contributed by atoms with Gasteiger partial charge in [-0.05, 0) is 49.2 Å². The normalized spacial score (nSPS) is 11.2. The molecular formula is C21H25N5O2S. The van der Waals surface area contributed by atoms with E-state index in [9.17, 15) is 8.42 Å². The minimum Gasteiger partial charge on any atom is -0.340 e. The molecule has 0 saturated heterocycles. The highest BCUT2D eigenvalue weighted by molar-refractivity contribution is 7.92. The maximum absolute atomic E-state index is 12.0. The average Bonchev–Trinajstić information content (AvgIpc) is 2.74. The van der Waals surface area contributed by atoms with Gasteiger partial charge in [-0.1, -0.05) is 26.3 Å². The molecule has 2 aromatic heterocycles. The van der Waals surface area contributed by atoms with Gasteiger partial charge < -0.3 is 5.32 Å². The Kier molecular flexibility index (Phi) is 6.77. The van der Waals surface area contributed by atoms with Crippen LogP contribution in [0.15, 0.2) is 54.7 Å². The third-order valence-electron chi connectivity index (χ3n) is 4.23. The number of aryl methyl sites for hydroxylation is 1. The predicted molar refractivity (Wildman–Crippen MR) is 117 cm³/mol. The summed E-state index contributed by atoms with van der Waals surface area (Å²) in [6.45, 7) is 4.00. The van der Waals surface area contributed by atoms with Crippen molar-refractivity contribution in [3.63, 3.8) is 0 Å². The van der Waals surface area contributed by atoms with E-state index < -0.39 is 10.0 Å². The Morgan fingerprint density at radius 3 is 2.38 bits per heavy atom. The van der Waals surface area contributed by atoms with Crippen molar-refractivity contribution >= 4 is 27.2 Å². The quantitative estimate of drug-likeness (QED) is 0.542. The highest BCUT2D eigenvalue weighted by Crippen LogP contribution is 2.21. The largest absolute Gasteiger partial charge is 0.340 e.